The van der Waals surface area contributed by atoms with Gasteiger partial charge in [-0.2, -0.15) is 0 Å². The van der Waals surface area contributed by atoms with Crippen molar-refractivity contribution in [3.63, 3.8) is 0 Å². The molecule has 0 bridgehead atoms. The van der Waals surface area contributed by atoms with Gasteiger partial charge in [-0.3, -0.25) is 4.79 Å². The van der Waals surface area contributed by atoms with Crippen LogP contribution < -0.4 is 0 Å². The van der Waals surface area contributed by atoms with E-state index in [1.54, 1.807) is 0 Å². The van der Waals surface area contributed by atoms with E-state index in [1.807, 2.05) is 30.3 Å². The third-order valence-electron chi connectivity index (χ3n) is 3.65. The van der Waals surface area contributed by atoms with E-state index in [0.717, 1.165) is 27.8 Å². The number of hydrogen-bond donors (Lipinski definition) is 1. The van der Waals surface area contributed by atoms with Crippen molar-refractivity contribution >= 4 is 23.7 Å². The van der Waals surface area contributed by atoms with E-state index in [9.17, 15) is 4.79 Å². The SMILES string of the molecule is O=C(O)CCC=C1c2ccccc2C=Cc2ccccc21. The predicted octanol–water partition coefficient (Wildman–Crippen LogP) is 4.47. The van der Waals surface area contributed by atoms with Crippen molar-refractivity contribution in [2.75, 3.05) is 0 Å². The molecule has 104 valence electrons. The fraction of sp³-hybridized carbons (Fsp3) is 0.105. The highest BCUT2D eigenvalue weighted by atomic mass is 16.4. The average Bonchev–Trinajstić information content (AvgIpc) is 2.65. The minimum absolute atomic E-state index is 0.154. The molecule has 0 aromatic heterocycles. The van der Waals surface area contributed by atoms with E-state index < -0.39 is 5.97 Å². The van der Waals surface area contributed by atoms with Gasteiger partial charge in [0.15, 0.2) is 0 Å². The Morgan fingerprint density at radius 2 is 1.43 bits per heavy atom. The van der Waals surface area contributed by atoms with Crippen LogP contribution in [0.2, 0.25) is 0 Å². The largest absolute Gasteiger partial charge is 0.481 e. The van der Waals surface area contributed by atoms with Crippen LogP contribution in [0.25, 0.3) is 17.7 Å². The smallest absolute Gasteiger partial charge is 0.303 e. The summed E-state index contributed by atoms with van der Waals surface area (Å²) in [7, 11) is 0. The molecule has 3 rings (SSSR count). The van der Waals surface area contributed by atoms with Crippen LogP contribution in [-0.4, -0.2) is 11.1 Å². The van der Waals surface area contributed by atoms with Crippen molar-refractivity contribution < 1.29 is 9.90 Å². The Hall–Kier alpha value is -2.61. The summed E-state index contributed by atoms with van der Waals surface area (Å²) < 4.78 is 0. The van der Waals surface area contributed by atoms with Gasteiger partial charge >= 0.3 is 5.97 Å². The van der Waals surface area contributed by atoms with E-state index in [0.29, 0.717) is 6.42 Å². The van der Waals surface area contributed by atoms with Crippen LogP contribution in [0.5, 0.6) is 0 Å². The lowest BCUT2D eigenvalue weighted by atomic mass is 9.92. The van der Waals surface area contributed by atoms with Crippen molar-refractivity contribution in [1.82, 2.24) is 0 Å². The van der Waals surface area contributed by atoms with Crippen molar-refractivity contribution in [2.24, 2.45) is 0 Å². The van der Waals surface area contributed by atoms with Crippen molar-refractivity contribution in [2.45, 2.75) is 12.8 Å². The van der Waals surface area contributed by atoms with Crippen molar-refractivity contribution in [3.05, 3.63) is 76.9 Å². The van der Waals surface area contributed by atoms with Crippen LogP contribution in [0.4, 0.5) is 0 Å². The molecule has 0 saturated heterocycles. The molecular formula is C19H16O2. The number of carboxylic acid groups (broad SMARTS) is 1. The first-order chi connectivity index (χ1) is 10.3. The minimum Gasteiger partial charge on any atom is -0.481 e. The molecule has 2 aromatic rings. The second-order valence-corrected chi connectivity index (χ2v) is 5.06. The summed E-state index contributed by atoms with van der Waals surface area (Å²) >= 11 is 0. The number of rotatable bonds is 3. The highest BCUT2D eigenvalue weighted by Gasteiger charge is 2.14. The van der Waals surface area contributed by atoms with Gasteiger partial charge in [0.1, 0.15) is 0 Å². The van der Waals surface area contributed by atoms with Gasteiger partial charge in [-0.15, -0.1) is 0 Å². The van der Waals surface area contributed by atoms with Gasteiger partial charge in [0.05, 0.1) is 0 Å². The van der Waals surface area contributed by atoms with E-state index in [1.165, 1.54) is 0 Å². The highest BCUT2D eigenvalue weighted by Crippen LogP contribution is 2.33. The minimum atomic E-state index is -0.764. The molecule has 0 spiro atoms. The number of benzene rings is 2. The molecule has 0 fully saturated rings. The van der Waals surface area contributed by atoms with Gasteiger partial charge in [0.25, 0.3) is 0 Å². The van der Waals surface area contributed by atoms with Crippen LogP contribution in [-0.2, 0) is 4.79 Å². The lowest BCUT2D eigenvalue weighted by Gasteiger charge is -2.11. The number of carboxylic acids is 1. The number of carbonyl (C=O) groups is 1. The zero-order valence-corrected chi connectivity index (χ0v) is 11.6. The summed E-state index contributed by atoms with van der Waals surface area (Å²) in [6, 6.07) is 16.4. The number of aliphatic carboxylic acids is 1. The molecule has 1 aliphatic carbocycles. The molecule has 0 amide bonds. The van der Waals surface area contributed by atoms with Crippen LogP contribution in [0, 0.1) is 0 Å². The van der Waals surface area contributed by atoms with Gasteiger partial charge in [-0.25, -0.2) is 0 Å². The molecular weight excluding hydrogens is 260 g/mol. The molecule has 0 saturated carbocycles. The van der Waals surface area contributed by atoms with Crippen LogP contribution in [0.3, 0.4) is 0 Å². The third kappa shape index (κ3) is 2.79. The first-order valence-corrected chi connectivity index (χ1v) is 7.04. The number of fused-ring (bicyclic) bond motifs is 2. The monoisotopic (exact) mass is 276 g/mol. The van der Waals surface area contributed by atoms with Gasteiger partial charge in [-0.1, -0.05) is 66.8 Å². The van der Waals surface area contributed by atoms with Gasteiger partial charge in [0, 0.05) is 6.42 Å². The first kappa shape index (κ1) is 13.4. The van der Waals surface area contributed by atoms with Crippen molar-refractivity contribution in [1.29, 1.82) is 0 Å². The normalized spacial score (nSPS) is 12.3. The fourth-order valence-corrected chi connectivity index (χ4v) is 2.66. The van der Waals surface area contributed by atoms with Gasteiger partial charge in [0.2, 0.25) is 0 Å². The van der Waals surface area contributed by atoms with E-state index in [2.05, 4.69) is 36.4 Å². The van der Waals surface area contributed by atoms with E-state index in [4.69, 9.17) is 5.11 Å². The summed E-state index contributed by atoms with van der Waals surface area (Å²) in [6.45, 7) is 0. The predicted molar refractivity (Wildman–Crippen MR) is 85.8 cm³/mol. The molecule has 2 nitrogen and oxygen atoms in total. The molecule has 0 atom stereocenters. The summed E-state index contributed by atoms with van der Waals surface area (Å²) in [5.41, 5.74) is 5.76. The summed E-state index contributed by atoms with van der Waals surface area (Å²) in [6.07, 6.45) is 6.96. The Bertz CT molecular complexity index is 687. The maximum Gasteiger partial charge on any atom is 0.303 e. The molecule has 0 radical (unpaired) electrons. The summed E-state index contributed by atoms with van der Waals surface area (Å²) in [4.78, 5) is 10.8. The van der Waals surface area contributed by atoms with Crippen LogP contribution in [0.15, 0.2) is 54.6 Å². The first-order valence-electron chi connectivity index (χ1n) is 7.04. The summed E-state index contributed by atoms with van der Waals surface area (Å²) in [5.74, 6) is -0.764. The maximum absolute atomic E-state index is 10.8. The Labute approximate surface area is 124 Å². The molecule has 2 heteroatoms. The molecule has 0 aliphatic heterocycles. The number of allylic oxidation sites excluding steroid dienone is 1. The second kappa shape index (κ2) is 5.80. The zero-order valence-electron chi connectivity index (χ0n) is 11.6. The van der Waals surface area contributed by atoms with Crippen molar-refractivity contribution in [3.8, 4) is 0 Å². The lowest BCUT2D eigenvalue weighted by Crippen LogP contribution is -1.95. The average molecular weight is 276 g/mol. The lowest BCUT2D eigenvalue weighted by molar-refractivity contribution is -0.136. The zero-order chi connectivity index (χ0) is 14.7. The summed E-state index contributed by atoms with van der Waals surface area (Å²) in [5, 5.41) is 8.85. The number of hydrogen-bond acceptors (Lipinski definition) is 1. The molecule has 1 N–H and O–H groups in total. The second-order valence-electron chi connectivity index (χ2n) is 5.06. The quantitative estimate of drug-likeness (QED) is 0.766. The van der Waals surface area contributed by atoms with Crippen LogP contribution in [0.1, 0.15) is 35.1 Å². The Morgan fingerprint density at radius 3 is 1.95 bits per heavy atom. The molecule has 0 heterocycles. The van der Waals surface area contributed by atoms with E-state index in [-0.39, 0.29) is 6.42 Å². The molecule has 0 unspecified atom stereocenters. The standard InChI is InChI=1S/C19H16O2/c20-19(21)11-5-10-18-16-8-3-1-6-14(16)12-13-15-7-2-4-9-17(15)18/h1-4,6-10,12-13H,5,11H2,(H,20,21). The van der Waals surface area contributed by atoms with Crippen LogP contribution >= 0.6 is 0 Å². The molecule has 2 aromatic carbocycles. The Balaban J connectivity index is 2.12. The molecule has 1 aliphatic rings. The Kier molecular flexibility index (Phi) is 3.69. The third-order valence-corrected chi connectivity index (χ3v) is 3.65. The highest BCUT2D eigenvalue weighted by molar-refractivity contribution is 5.93. The van der Waals surface area contributed by atoms with Gasteiger partial charge in [-0.05, 0) is 34.2 Å². The van der Waals surface area contributed by atoms with E-state index >= 15 is 0 Å². The Morgan fingerprint density at radius 1 is 0.905 bits per heavy atom. The van der Waals surface area contributed by atoms with Gasteiger partial charge < -0.3 is 5.11 Å². The molecule has 21 heavy (non-hydrogen) atoms. The fourth-order valence-electron chi connectivity index (χ4n) is 2.66. The topological polar surface area (TPSA) is 37.3 Å². The maximum atomic E-state index is 10.8.